The first kappa shape index (κ1) is 25.9. The van der Waals surface area contributed by atoms with E-state index in [1.165, 1.54) is 26.9 Å². The molecule has 0 radical (unpaired) electrons. The van der Waals surface area contributed by atoms with Crippen LogP contribution in [0.15, 0.2) is 156 Å². The van der Waals surface area contributed by atoms with Gasteiger partial charge in [-0.05, 0) is 67.4 Å². The van der Waals surface area contributed by atoms with E-state index in [-0.39, 0.29) is 0 Å². The van der Waals surface area contributed by atoms with E-state index in [0.717, 1.165) is 54.8 Å². The van der Waals surface area contributed by atoms with Gasteiger partial charge in [-0.25, -0.2) is 15.0 Å². The Morgan fingerprint density at radius 3 is 1.83 bits per heavy atom. The molecular formula is C43H25N3O. The second-order valence-electron chi connectivity index (χ2n) is 12.0. The number of aromatic nitrogens is 3. The Hall–Kier alpha value is -6.39. The number of hydrogen-bond donors (Lipinski definition) is 0. The third-order valence-electron chi connectivity index (χ3n) is 9.28. The lowest BCUT2D eigenvalue weighted by Gasteiger charge is -2.14. The third kappa shape index (κ3) is 4.05. The molecule has 4 heteroatoms. The first-order valence-corrected chi connectivity index (χ1v) is 15.8. The van der Waals surface area contributed by atoms with E-state index in [1.54, 1.807) is 0 Å². The molecule has 0 saturated carbocycles. The highest BCUT2D eigenvalue weighted by Gasteiger charge is 2.20. The predicted molar refractivity (Wildman–Crippen MR) is 193 cm³/mol. The van der Waals surface area contributed by atoms with Crippen LogP contribution in [0.1, 0.15) is 0 Å². The first-order valence-electron chi connectivity index (χ1n) is 15.8. The van der Waals surface area contributed by atoms with Crippen molar-refractivity contribution in [3.05, 3.63) is 152 Å². The topological polar surface area (TPSA) is 51.8 Å². The number of hydrogen-bond acceptors (Lipinski definition) is 4. The molecule has 0 fully saturated rings. The molecule has 0 spiro atoms. The zero-order valence-electron chi connectivity index (χ0n) is 25.2. The summed E-state index contributed by atoms with van der Waals surface area (Å²) >= 11 is 0. The summed E-state index contributed by atoms with van der Waals surface area (Å²) in [4.78, 5) is 15.6. The molecule has 47 heavy (non-hydrogen) atoms. The van der Waals surface area contributed by atoms with Gasteiger partial charge >= 0.3 is 0 Å². The van der Waals surface area contributed by atoms with Crippen molar-refractivity contribution in [3.63, 3.8) is 0 Å². The Labute approximate surface area is 269 Å². The average Bonchev–Trinajstić information content (AvgIpc) is 3.53. The molecule has 218 valence electrons. The minimum Gasteiger partial charge on any atom is -0.456 e. The van der Waals surface area contributed by atoms with Crippen LogP contribution in [-0.4, -0.2) is 15.0 Å². The lowest BCUT2D eigenvalue weighted by Crippen LogP contribution is -2.01. The van der Waals surface area contributed by atoms with E-state index in [0.29, 0.717) is 17.5 Å². The Bertz CT molecular complexity index is 2870. The second kappa shape index (κ2) is 10.1. The van der Waals surface area contributed by atoms with Gasteiger partial charge in [-0.15, -0.1) is 0 Å². The zero-order chi connectivity index (χ0) is 30.9. The Kier molecular flexibility index (Phi) is 5.54. The van der Waals surface area contributed by atoms with Gasteiger partial charge in [-0.1, -0.05) is 127 Å². The SMILES string of the molecule is c1ccc2cc(-c3nc(-c4cc5ccc6ccccc6c5c5ccccc45)nc(-c4cccc5oc6ccccc6c45)n3)ccc2c1. The maximum Gasteiger partial charge on any atom is 0.164 e. The lowest BCUT2D eigenvalue weighted by atomic mass is 9.93. The summed E-state index contributed by atoms with van der Waals surface area (Å²) in [6.07, 6.45) is 0. The van der Waals surface area contributed by atoms with E-state index < -0.39 is 0 Å². The van der Waals surface area contributed by atoms with Crippen LogP contribution in [-0.2, 0) is 0 Å². The largest absolute Gasteiger partial charge is 0.456 e. The summed E-state index contributed by atoms with van der Waals surface area (Å²) in [5, 5.41) is 11.5. The Morgan fingerprint density at radius 1 is 0.340 bits per heavy atom. The number of fused-ring (bicyclic) bond motifs is 9. The van der Waals surface area contributed by atoms with Crippen molar-refractivity contribution < 1.29 is 4.42 Å². The summed E-state index contributed by atoms with van der Waals surface area (Å²) in [5.74, 6) is 1.87. The molecule has 0 saturated heterocycles. The van der Waals surface area contributed by atoms with Gasteiger partial charge in [0.1, 0.15) is 11.2 Å². The molecule has 2 aromatic heterocycles. The summed E-state index contributed by atoms with van der Waals surface area (Å²) in [6.45, 7) is 0. The summed E-state index contributed by atoms with van der Waals surface area (Å²) < 4.78 is 6.26. The zero-order valence-corrected chi connectivity index (χ0v) is 25.2. The van der Waals surface area contributed by atoms with Gasteiger partial charge in [-0.3, -0.25) is 0 Å². The molecule has 4 nitrogen and oxygen atoms in total. The second-order valence-corrected chi connectivity index (χ2v) is 12.0. The highest BCUT2D eigenvalue weighted by molar-refractivity contribution is 6.23. The summed E-state index contributed by atoms with van der Waals surface area (Å²) in [5.41, 5.74) is 4.47. The van der Waals surface area contributed by atoms with Gasteiger partial charge in [0.15, 0.2) is 17.5 Å². The van der Waals surface area contributed by atoms with Crippen molar-refractivity contribution in [2.75, 3.05) is 0 Å². The minimum atomic E-state index is 0.609. The molecular weight excluding hydrogens is 574 g/mol. The highest BCUT2D eigenvalue weighted by atomic mass is 16.3. The fourth-order valence-corrected chi connectivity index (χ4v) is 7.10. The lowest BCUT2D eigenvalue weighted by molar-refractivity contribution is 0.669. The maximum absolute atomic E-state index is 6.26. The summed E-state index contributed by atoms with van der Waals surface area (Å²) in [6, 6.07) is 52.8. The van der Waals surface area contributed by atoms with Crippen LogP contribution in [0.5, 0.6) is 0 Å². The van der Waals surface area contributed by atoms with Crippen LogP contribution in [0.4, 0.5) is 0 Å². The average molecular weight is 600 g/mol. The molecule has 10 rings (SSSR count). The quantitative estimate of drug-likeness (QED) is 0.190. The number of para-hydroxylation sites is 1. The van der Waals surface area contributed by atoms with Gasteiger partial charge in [0.2, 0.25) is 0 Å². The fraction of sp³-hybridized carbons (Fsp3) is 0. The predicted octanol–water partition coefficient (Wildman–Crippen LogP) is 11.4. The van der Waals surface area contributed by atoms with Crippen LogP contribution >= 0.6 is 0 Å². The van der Waals surface area contributed by atoms with Crippen molar-refractivity contribution in [2.24, 2.45) is 0 Å². The molecule has 0 amide bonds. The molecule has 8 aromatic carbocycles. The molecule has 2 heterocycles. The van der Waals surface area contributed by atoms with E-state index in [4.69, 9.17) is 19.4 Å². The maximum atomic E-state index is 6.26. The molecule has 0 aliphatic carbocycles. The van der Waals surface area contributed by atoms with Crippen molar-refractivity contribution in [2.45, 2.75) is 0 Å². The van der Waals surface area contributed by atoms with Gasteiger partial charge in [0, 0.05) is 27.5 Å². The van der Waals surface area contributed by atoms with Gasteiger partial charge in [-0.2, -0.15) is 0 Å². The minimum absolute atomic E-state index is 0.609. The summed E-state index contributed by atoms with van der Waals surface area (Å²) in [7, 11) is 0. The normalized spacial score (nSPS) is 11.8. The molecule has 0 bridgehead atoms. The standard InChI is InChI=1S/C43H25N3O/c1-2-12-28-24-30(23-20-26(28)10-1)41-44-42(35-17-9-19-38-40(35)34-16-7-8-18-37(34)47-38)46-43(45-41)36-25-29-22-21-27-11-3-4-13-31(27)39(29)33-15-6-5-14-32(33)36/h1-25H. The first-order chi connectivity index (χ1) is 23.3. The van der Waals surface area contributed by atoms with E-state index in [9.17, 15) is 0 Å². The number of benzene rings is 8. The van der Waals surface area contributed by atoms with Crippen molar-refractivity contribution in [3.8, 4) is 34.2 Å². The number of nitrogens with zero attached hydrogens (tertiary/aromatic N) is 3. The molecule has 0 N–H and O–H groups in total. The number of furan rings is 1. The number of rotatable bonds is 3. The van der Waals surface area contributed by atoms with Gasteiger partial charge in [0.25, 0.3) is 0 Å². The highest BCUT2D eigenvalue weighted by Crippen LogP contribution is 2.40. The smallest absolute Gasteiger partial charge is 0.164 e. The monoisotopic (exact) mass is 599 g/mol. The van der Waals surface area contributed by atoms with Crippen LogP contribution in [0.3, 0.4) is 0 Å². The molecule has 0 atom stereocenters. The Morgan fingerprint density at radius 2 is 0.957 bits per heavy atom. The van der Waals surface area contributed by atoms with Crippen LogP contribution in [0.2, 0.25) is 0 Å². The van der Waals surface area contributed by atoms with Crippen LogP contribution in [0, 0.1) is 0 Å². The van der Waals surface area contributed by atoms with E-state index >= 15 is 0 Å². The van der Waals surface area contributed by atoms with E-state index in [1.807, 2.05) is 30.3 Å². The fourth-order valence-electron chi connectivity index (χ4n) is 7.10. The van der Waals surface area contributed by atoms with Crippen molar-refractivity contribution >= 4 is 65.0 Å². The third-order valence-corrected chi connectivity index (χ3v) is 9.28. The molecule has 0 aliphatic heterocycles. The van der Waals surface area contributed by atoms with E-state index in [2.05, 4.69) is 121 Å². The van der Waals surface area contributed by atoms with Crippen LogP contribution < -0.4 is 0 Å². The molecule has 0 unspecified atom stereocenters. The molecule has 10 aromatic rings. The van der Waals surface area contributed by atoms with Gasteiger partial charge < -0.3 is 4.42 Å². The van der Waals surface area contributed by atoms with Crippen LogP contribution in [0.25, 0.3) is 99.2 Å². The van der Waals surface area contributed by atoms with Gasteiger partial charge in [0.05, 0.1) is 0 Å². The molecule has 0 aliphatic rings. The van der Waals surface area contributed by atoms with Crippen molar-refractivity contribution in [1.82, 2.24) is 15.0 Å². The van der Waals surface area contributed by atoms with Crippen molar-refractivity contribution in [1.29, 1.82) is 0 Å². The Balaban J connectivity index is 1.30.